The Bertz CT molecular complexity index is 2030. The van der Waals surface area contributed by atoms with Crippen molar-refractivity contribution in [2.24, 2.45) is 7.05 Å². The van der Waals surface area contributed by atoms with Crippen LogP contribution in [0.2, 0.25) is 0 Å². The fourth-order valence-corrected chi connectivity index (χ4v) is 8.84. The van der Waals surface area contributed by atoms with Crippen molar-refractivity contribution in [3.05, 3.63) is 81.8 Å². The van der Waals surface area contributed by atoms with Crippen LogP contribution in [-0.4, -0.2) is 87.7 Å². The molecule has 12 heteroatoms. The first kappa shape index (κ1) is 30.3. The number of rotatable bonds is 7. The van der Waals surface area contributed by atoms with Gasteiger partial charge in [0.1, 0.15) is 23.0 Å². The van der Waals surface area contributed by atoms with E-state index in [2.05, 4.69) is 42.6 Å². The third-order valence-corrected chi connectivity index (χ3v) is 11.4. The van der Waals surface area contributed by atoms with Crippen LogP contribution >= 0.6 is 0 Å². The van der Waals surface area contributed by atoms with E-state index in [1.54, 1.807) is 36.5 Å². The van der Waals surface area contributed by atoms with E-state index in [0.29, 0.717) is 76.7 Å². The van der Waals surface area contributed by atoms with E-state index in [4.69, 9.17) is 4.74 Å². The Morgan fingerprint density at radius 3 is 2.61 bits per heavy atom. The minimum atomic E-state index is -0.227. The number of pyridine rings is 3. The minimum Gasteiger partial charge on any atom is -0.378 e. The number of hydrogen-bond acceptors (Lipinski definition) is 9. The monoisotopic (exact) mass is 660 g/mol. The summed E-state index contributed by atoms with van der Waals surface area (Å²) in [5, 5.41) is 3.21. The van der Waals surface area contributed by atoms with E-state index in [9.17, 15) is 14.4 Å². The number of fused-ring (bicyclic) bond motifs is 7. The van der Waals surface area contributed by atoms with Gasteiger partial charge in [0.05, 0.1) is 36.7 Å². The minimum absolute atomic E-state index is 0.130. The average Bonchev–Trinajstić information content (AvgIpc) is 3.81. The molecule has 3 aliphatic heterocycles. The predicted molar refractivity (Wildman–Crippen MR) is 186 cm³/mol. The largest absolute Gasteiger partial charge is 0.378 e. The van der Waals surface area contributed by atoms with Crippen LogP contribution < -0.4 is 20.7 Å². The zero-order valence-corrected chi connectivity index (χ0v) is 27.8. The topological polar surface area (TPSA) is 118 Å². The van der Waals surface area contributed by atoms with E-state index in [0.717, 1.165) is 44.8 Å². The molecule has 3 fully saturated rings. The van der Waals surface area contributed by atoms with Gasteiger partial charge in [0, 0.05) is 75.4 Å². The highest BCUT2D eigenvalue weighted by Crippen LogP contribution is 2.54. The van der Waals surface area contributed by atoms with E-state index in [-0.39, 0.29) is 11.5 Å². The van der Waals surface area contributed by atoms with Gasteiger partial charge in [-0.2, -0.15) is 0 Å². The number of nitrogens with zero attached hydrogens (tertiary/aromatic N) is 7. The first-order valence-corrected chi connectivity index (χ1v) is 17.4. The predicted octanol–water partition coefficient (Wildman–Crippen LogP) is 4.13. The maximum Gasteiger partial charge on any atom is 0.276 e. The number of ether oxygens (including phenoxy) is 1. The summed E-state index contributed by atoms with van der Waals surface area (Å²) < 4.78 is 9.09. The SMILES string of the molecule is C[C@H]1CN(C2COC2)CCN1c1ccc(Nc2cc(-c3ccnc(N4CCn5c(cc6c5[C@@H]5CC[C@H]6C5)C4=O)c3C=O)cn(C)c2=O)nc1. The number of hydrogen-bond donors (Lipinski definition) is 1. The van der Waals surface area contributed by atoms with Crippen molar-refractivity contribution in [1.29, 1.82) is 0 Å². The summed E-state index contributed by atoms with van der Waals surface area (Å²) in [6.45, 7) is 7.88. The zero-order chi connectivity index (χ0) is 33.4. The standard InChI is InChI=1S/C37H40N8O4/c1-22-17-42(27-20-49-21-27)9-10-43(22)26-5-6-33(39-16-26)40-31-14-25(18-41(2)36(31)47)28-7-8-38-35(30(28)19-46)45-12-11-44-32(37(45)48)15-29-23-3-4-24(13-23)34(29)44/h5-8,14-16,18-19,22-24,27H,3-4,9-13,17,20-21H2,1-2H3,(H,39,40)/t22-,23-,24+/m0/s1. The van der Waals surface area contributed by atoms with Crippen LogP contribution in [0.25, 0.3) is 11.1 Å². The summed E-state index contributed by atoms with van der Waals surface area (Å²) in [7, 11) is 1.68. The van der Waals surface area contributed by atoms with Gasteiger partial charge in [-0.05, 0) is 73.6 Å². The zero-order valence-electron chi connectivity index (χ0n) is 27.8. The van der Waals surface area contributed by atoms with Gasteiger partial charge in [-0.25, -0.2) is 9.97 Å². The van der Waals surface area contributed by atoms with Gasteiger partial charge in [0.15, 0.2) is 6.29 Å². The molecule has 1 saturated carbocycles. The molecule has 1 N–H and O–H groups in total. The number of aryl methyl sites for hydroxylation is 1. The molecule has 49 heavy (non-hydrogen) atoms. The molecule has 2 bridgehead atoms. The Morgan fingerprint density at radius 1 is 1.00 bits per heavy atom. The van der Waals surface area contributed by atoms with Crippen molar-refractivity contribution in [2.75, 3.05) is 54.5 Å². The molecule has 9 rings (SSSR count). The Hall–Kier alpha value is -4.81. The first-order chi connectivity index (χ1) is 23.9. The van der Waals surface area contributed by atoms with Crippen LogP contribution in [0.1, 0.15) is 70.1 Å². The van der Waals surface area contributed by atoms with Crippen molar-refractivity contribution in [1.82, 2.24) is 24.0 Å². The highest BCUT2D eigenvalue weighted by Gasteiger charge is 2.43. The molecular formula is C37H40N8O4. The highest BCUT2D eigenvalue weighted by atomic mass is 16.5. The number of carbonyl (C=O) groups excluding carboxylic acids is 2. The molecule has 1 amide bonds. The molecule has 3 atom stereocenters. The Morgan fingerprint density at radius 2 is 1.86 bits per heavy atom. The van der Waals surface area contributed by atoms with E-state index < -0.39 is 0 Å². The fourth-order valence-electron chi connectivity index (χ4n) is 8.84. The highest BCUT2D eigenvalue weighted by molar-refractivity contribution is 6.09. The quantitative estimate of drug-likeness (QED) is 0.292. The maximum absolute atomic E-state index is 13.9. The molecule has 4 aromatic heterocycles. The van der Waals surface area contributed by atoms with Crippen molar-refractivity contribution < 1.29 is 14.3 Å². The lowest BCUT2D eigenvalue weighted by molar-refractivity contribution is -0.0691. The van der Waals surface area contributed by atoms with E-state index >= 15 is 0 Å². The summed E-state index contributed by atoms with van der Waals surface area (Å²) in [5.41, 5.74) is 6.07. The van der Waals surface area contributed by atoms with Gasteiger partial charge < -0.3 is 24.1 Å². The summed E-state index contributed by atoms with van der Waals surface area (Å²) in [6, 6.07) is 10.4. The Labute approximate surface area is 284 Å². The summed E-state index contributed by atoms with van der Waals surface area (Å²) in [5.74, 6) is 1.87. The third-order valence-electron chi connectivity index (χ3n) is 11.4. The molecule has 7 heterocycles. The number of aromatic nitrogens is 4. The number of aldehydes is 1. The lowest BCUT2D eigenvalue weighted by Crippen LogP contribution is -2.59. The van der Waals surface area contributed by atoms with Crippen molar-refractivity contribution >= 4 is 35.2 Å². The normalized spacial score (nSPS) is 23.4. The van der Waals surface area contributed by atoms with Gasteiger partial charge in [-0.15, -0.1) is 0 Å². The van der Waals surface area contributed by atoms with E-state index in [1.165, 1.54) is 35.1 Å². The van der Waals surface area contributed by atoms with Crippen molar-refractivity contribution in [3.8, 4) is 11.1 Å². The number of piperazine rings is 1. The molecule has 2 aliphatic carbocycles. The summed E-state index contributed by atoms with van der Waals surface area (Å²) in [4.78, 5) is 55.6. The molecule has 12 nitrogen and oxygen atoms in total. The van der Waals surface area contributed by atoms with Crippen LogP contribution in [0.15, 0.2) is 53.7 Å². The third kappa shape index (κ3) is 4.91. The molecule has 0 spiro atoms. The molecular weight excluding hydrogens is 620 g/mol. The lowest BCUT2D eigenvalue weighted by atomic mass is 9.98. The van der Waals surface area contributed by atoms with Crippen LogP contribution in [0.3, 0.4) is 0 Å². The molecule has 0 aromatic carbocycles. The number of carbonyl (C=O) groups is 2. The van der Waals surface area contributed by atoms with Gasteiger partial charge in [0.2, 0.25) is 0 Å². The van der Waals surface area contributed by atoms with Crippen LogP contribution in [0.4, 0.5) is 23.0 Å². The molecule has 2 saturated heterocycles. The average molecular weight is 661 g/mol. The molecule has 4 aromatic rings. The van der Waals surface area contributed by atoms with Gasteiger partial charge in [0.25, 0.3) is 11.5 Å². The molecule has 0 radical (unpaired) electrons. The summed E-state index contributed by atoms with van der Waals surface area (Å²) >= 11 is 0. The number of nitrogens with one attached hydrogen (secondary N) is 1. The van der Waals surface area contributed by atoms with Crippen LogP contribution in [-0.2, 0) is 18.3 Å². The second kappa shape index (κ2) is 11.7. The van der Waals surface area contributed by atoms with Crippen LogP contribution in [0.5, 0.6) is 0 Å². The second-order valence-corrected chi connectivity index (χ2v) is 14.2. The maximum atomic E-state index is 13.9. The van der Waals surface area contributed by atoms with Crippen LogP contribution in [0, 0.1) is 0 Å². The Balaban J connectivity index is 0.970. The van der Waals surface area contributed by atoms with Gasteiger partial charge in [-0.1, -0.05) is 0 Å². The molecule has 0 unspecified atom stereocenters. The molecule has 5 aliphatic rings. The molecule has 252 valence electrons. The van der Waals surface area contributed by atoms with Gasteiger partial charge in [-0.3, -0.25) is 24.2 Å². The lowest BCUT2D eigenvalue weighted by Gasteiger charge is -2.46. The smallest absolute Gasteiger partial charge is 0.276 e. The summed E-state index contributed by atoms with van der Waals surface area (Å²) in [6.07, 6.45) is 9.54. The van der Waals surface area contributed by atoms with Crippen molar-refractivity contribution in [2.45, 2.75) is 56.7 Å². The number of amides is 1. The van der Waals surface area contributed by atoms with Gasteiger partial charge >= 0.3 is 0 Å². The second-order valence-electron chi connectivity index (χ2n) is 14.2. The van der Waals surface area contributed by atoms with Crippen molar-refractivity contribution in [3.63, 3.8) is 0 Å². The van der Waals surface area contributed by atoms with E-state index in [1.807, 2.05) is 18.3 Å². The first-order valence-electron chi connectivity index (χ1n) is 17.4. The number of anilines is 4. The fraction of sp³-hybridized carbons (Fsp3) is 0.432. The Kier molecular flexibility index (Phi) is 7.20.